The molecule has 5 heteroatoms. The molecule has 0 spiro atoms. The van der Waals surface area contributed by atoms with Gasteiger partial charge in [0.1, 0.15) is 12.4 Å². The van der Waals surface area contributed by atoms with Crippen molar-refractivity contribution in [2.75, 3.05) is 0 Å². The van der Waals surface area contributed by atoms with Gasteiger partial charge in [0, 0.05) is 23.2 Å². The number of hydrogen-bond donors (Lipinski definition) is 1. The first-order valence-electron chi connectivity index (χ1n) is 9.70. The fourth-order valence-corrected chi connectivity index (χ4v) is 3.73. The summed E-state index contributed by atoms with van der Waals surface area (Å²) in [6.45, 7) is 3.27. The molecule has 0 aliphatic rings. The lowest BCUT2D eigenvalue weighted by molar-refractivity contribution is 0.301. The van der Waals surface area contributed by atoms with E-state index in [1.807, 2.05) is 36.4 Å². The molecule has 0 amide bonds. The van der Waals surface area contributed by atoms with Crippen molar-refractivity contribution >= 4 is 34.8 Å². The quantitative estimate of drug-likeness (QED) is 0.360. The molecular formula is C24H24Cl3NO. The van der Waals surface area contributed by atoms with Crippen LogP contribution in [0.4, 0.5) is 0 Å². The topological polar surface area (TPSA) is 21.3 Å². The van der Waals surface area contributed by atoms with Crippen LogP contribution in [0.1, 0.15) is 42.5 Å². The first kappa shape index (κ1) is 22.0. The molecule has 1 atom stereocenters. The SMILES string of the molecule is CCCC(NCc1cc(Cl)ccc1OCc1ccc(Cl)c(Cl)c1)c1ccccc1. The van der Waals surface area contributed by atoms with E-state index in [1.54, 1.807) is 6.07 Å². The highest BCUT2D eigenvalue weighted by molar-refractivity contribution is 6.42. The Morgan fingerprint density at radius 2 is 1.69 bits per heavy atom. The molecule has 0 radical (unpaired) electrons. The average Bonchev–Trinajstić information content (AvgIpc) is 2.73. The van der Waals surface area contributed by atoms with Gasteiger partial charge < -0.3 is 10.1 Å². The monoisotopic (exact) mass is 447 g/mol. The summed E-state index contributed by atoms with van der Waals surface area (Å²) in [4.78, 5) is 0. The Bertz CT molecular complexity index is 931. The summed E-state index contributed by atoms with van der Waals surface area (Å²) in [5.74, 6) is 0.802. The number of benzene rings is 3. The zero-order chi connectivity index (χ0) is 20.6. The van der Waals surface area contributed by atoms with Gasteiger partial charge in [-0.05, 0) is 47.9 Å². The van der Waals surface area contributed by atoms with Crippen molar-refractivity contribution in [1.82, 2.24) is 5.32 Å². The van der Waals surface area contributed by atoms with Gasteiger partial charge in [0.15, 0.2) is 0 Å². The Balaban J connectivity index is 1.71. The van der Waals surface area contributed by atoms with E-state index in [9.17, 15) is 0 Å². The molecule has 0 saturated carbocycles. The average molecular weight is 449 g/mol. The van der Waals surface area contributed by atoms with Crippen molar-refractivity contribution in [3.8, 4) is 5.75 Å². The summed E-state index contributed by atoms with van der Waals surface area (Å²) in [6.07, 6.45) is 2.16. The van der Waals surface area contributed by atoms with Crippen molar-refractivity contribution < 1.29 is 4.74 Å². The largest absolute Gasteiger partial charge is 0.489 e. The van der Waals surface area contributed by atoms with Gasteiger partial charge in [-0.3, -0.25) is 0 Å². The maximum absolute atomic E-state index is 6.25. The van der Waals surface area contributed by atoms with Gasteiger partial charge in [-0.25, -0.2) is 0 Å². The fraction of sp³-hybridized carbons (Fsp3) is 0.250. The molecule has 0 aliphatic carbocycles. The van der Waals surface area contributed by atoms with Crippen molar-refractivity contribution in [2.45, 2.75) is 39.0 Å². The van der Waals surface area contributed by atoms with Crippen LogP contribution in [0.15, 0.2) is 66.7 Å². The van der Waals surface area contributed by atoms with E-state index in [4.69, 9.17) is 39.5 Å². The molecule has 1 unspecified atom stereocenters. The van der Waals surface area contributed by atoms with E-state index in [-0.39, 0.29) is 6.04 Å². The summed E-state index contributed by atoms with van der Waals surface area (Å²) in [5, 5.41) is 5.41. The lowest BCUT2D eigenvalue weighted by atomic mass is 10.0. The van der Waals surface area contributed by atoms with Gasteiger partial charge in [-0.1, -0.05) is 84.5 Å². The summed E-state index contributed by atoms with van der Waals surface area (Å²) < 4.78 is 6.07. The normalized spacial score (nSPS) is 12.0. The van der Waals surface area contributed by atoms with Crippen LogP contribution in [0.2, 0.25) is 15.1 Å². The maximum atomic E-state index is 6.25. The van der Waals surface area contributed by atoms with E-state index in [2.05, 4.69) is 36.5 Å². The van der Waals surface area contributed by atoms with E-state index in [0.717, 1.165) is 29.7 Å². The Kier molecular flexibility index (Phi) is 8.26. The zero-order valence-electron chi connectivity index (χ0n) is 16.3. The molecule has 3 aromatic carbocycles. The molecule has 3 rings (SSSR count). The number of halogens is 3. The van der Waals surface area contributed by atoms with Crippen LogP contribution in [-0.2, 0) is 13.2 Å². The van der Waals surface area contributed by atoms with E-state index >= 15 is 0 Å². The van der Waals surface area contributed by atoms with Gasteiger partial charge in [-0.2, -0.15) is 0 Å². The highest BCUT2D eigenvalue weighted by atomic mass is 35.5. The van der Waals surface area contributed by atoms with Crippen molar-refractivity contribution in [3.63, 3.8) is 0 Å². The molecule has 152 valence electrons. The lowest BCUT2D eigenvalue weighted by Crippen LogP contribution is -2.21. The van der Waals surface area contributed by atoms with Crippen LogP contribution in [0.25, 0.3) is 0 Å². The third kappa shape index (κ3) is 6.38. The Labute approximate surface area is 187 Å². The second-order valence-corrected chi connectivity index (χ2v) is 8.17. The fourth-order valence-electron chi connectivity index (χ4n) is 3.21. The van der Waals surface area contributed by atoms with Crippen LogP contribution in [-0.4, -0.2) is 0 Å². The minimum absolute atomic E-state index is 0.281. The third-order valence-corrected chi connectivity index (χ3v) is 5.69. The number of rotatable bonds is 9. The van der Waals surface area contributed by atoms with Crippen molar-refractivity contribution in [1.29, 1.82) is 0 Å². The maximum Gasteiger partial charge on any atom is 0.124 e. The van der Waals surface area contributed by atoms with Gasteiger partial charge in [-0.15, -0.1) is 0 Å². The summed E-state index contributed by atoms with van der Waals surface area (Å²) in [5.41, 5.74) is 3.27. The molecule has 0 aromatic heterocycles. The van der Waals surface area contributed by atoms with Gasteiger partial charge >= 0.3 is 0 Å². The second kappa shape index (κ2) is 10.9. The molecule has 0 heterocycles. The third-order valence-electron chi connectivity index (χ3n) is 4.72. The highest BCUT2D eigenvalue weighted by Crippen LogP contribution is 2.27. The predicted molar refractivity (Wildman–Crippen MR) is 123 cm³/mol. The van der Waals surface area contributed by atoms with Crippen molar-refractivity contribution in [3.05, 3.63) is 98.5 Å². The molecule has 3 aromatic rings. The summed E-state index contributed by atoms with van der Waals surface area (Å²) in [6, 6.07) is 22.0. The van der Waals surface area contributed by atoms with Crippen LogP contribution < -0.4 is 10.1 Å². The molecule has 0 saturated heterocycles. The van der Waals surface area contributed by atoms with Crippen molar-refractivity contribution in [2.24, 2.45) is 0 Å². The smallest absolute Gasteiger partial charge is 0.124 e. The van der Waals surface area contributed by atoms with Crippen LogP contribution in [0, 0.1) is 0 Å². The Morgan fingerprint density at radius 1 is 0.897 bits per heavy atom. The van der Waals surface area contributed by atoms with Gasteiger partial charge in [0.05, 0.1) is 10.0 Å². The predicted octanol–water partition coefficient (Wildman–Crippen LogP) is 7.86. The first-order chi connectivity index (χ1) is 14.1. The number of ether oxygens (including phenoxy) is 1. The van der Waals surface area contributed by atoms with Crippen LogP contribution in [0.5, 0.6) is 5.75 Å². The van der Waals surface area contributed by atoms with Gasteiger partial charge in [0.25, 0.3) is 0 Å². The second-order valence-electron chi connectivity index (χ2n) is 6.92. The standard InChI is InChI=1S/C24H24Cl3NO/c1-2-6-23(18-7-4-3-5-8-18)28-15-19-14-20(25)10-12-24(19)29-16-17-9-11-21(26)22(27)13-17/h3-5,7-14,23,28H,2,6,15-16H2,1H3. The molecule has 1 N–H and O–H groups in total. The summed E-state index contributed by atoms with van der Waals surface area (Å²) in [7, 11) is 0. The zero-order valence-corrected chi connectivity index (χ0v) is 18.6. The molecule has 29 heavy (non-hydrogen) atoms. The van der Waals surface area contributed by atoms with E-state index in [0.29, 0.717) is 28.2 Å². The Morgan fingerprint density at radius 3 is 2.41 bits per heavy atom. The molecule has 0 fully saturated rings. The molecule has 0 bridgehead atoms. The first-order valence-corrected chi connectivity index (χ1v) is 10.8. The van der Waals surface area contributed by atoms with E-state index < -0.39 is 0 Å². The van der Waals surface area contributed by atoms with Crippen LogP contribution in [0.3, 0.4) is 0 Å². The lowest BCUT2D eigenvalue weighted by Gasteiger charge is -2.20. The number of hydrogen-bond acceptors (Lipinski definition) is 2. The molecule has 0 aliphatic heterocycles. The van der Waals surface area contributed by atoms with E-state index in [1.165, 1.54) is 5.56 Å². The summed E-state index contributed by atoms with van der Waals surface area (Å²) >= 11 is 18.3. The van der Waals surface area contributed by atoms with Gasteiger partial charge in [0.2, 0.25) is 0 Å². The molecule has 2 nitrogen and oxygen atoms in total. The Hall–Kier alpha value is -1.71. The number of nitrogens with one attached hydrogen (secondary N) is 1. The minimum Gasteiger partial charge on any atom is -0.489 e. The molecular weight excluding hydrogens is 425 g/mol. The minimum atomic E-state index is 0.281. The van der Waals surface area contributed by atoms with Crippen LogP contribution >= 0.6 is 34.8 Å². The highest BCUT2D eigenvalue weighted by Gasteiger charge is 2.12.